The van der Waals surface area contributed by atoms with Crippen molar-refractivity contribution in [3.63, 3.8) is 0 Å². The van der Waals surface area contributed by atoms with Crippen LogP contribution >= 0.6 is 11.6 Å². The zero-order chi connectivity index (χ0) is 12.9. The number of allylic oxidation sites excluding steroid dienone is 2. The van der Waals surface area contributed by atoms with E-state index in [9.17, 15) is 4.79 Å². The van der Waals surface area contributed by atoms with Gasteiger partial charge in [-0.1, -0.05) is 25.4 Å². The molecule has 18 heavy (non-hydrogen) atoms. The molecule has 0 spiro atoms. The molecule has 3 rings (SSSR count). The quantitative estimate of drug-likeness (QED) is 0.709. The van der Waals surface area contributed by atoms with Crippen molar-refractivity contribution >= 4 is 23.1 Å². The predicted molar refractivity (Wildman–Crippen MR) is 74.1 cm³/mol. The highest BCUT2D eigenvalue weighted by Gasteiger charge is 2.34. The van der Waals surface area contributed by atoms with Crippen LogP contribution in [-0.4, -0.2) is 12.3 Å². The van der Waals surface area contributed by atoms with Gasteiger partial charge < -0.3 is 4.90 Å². The van der Waals surface area contributed by atoms with E-state index < -0.39 is 0 Å². The summed E-state index contributed by atoms with van der Waals surface area (Å²) in [6, 6.07) is 6.06. The largest absolute Gasteiger partial charge is 0.344 e. The Morgan fingerprint density at radius 2 is 2.06 bits per heavy atom. The lowest BCUT2D eigenvalue weighted by Crippen LogP contribution is -2.38. The second-order valence-corrected chi connectivity index (χ2v) is 5.65. The predicted octanol–water partition coefficient (Wildman–Crippen LogP) is 3.76. The van der Waals surface area contributed by atoms with Gasteiger partial charge in [-0.3, -0.25) is 4.79 Å². The lowest BCUT2D eigenvalue weighted by Gasteiger charge is -2.42. The molecule has 0 radical (unpaired) electrons. The lowest BCUT2D eigenvalue weighted by atomic mass is 9.80. The summed E-state index contributed by atoms with van der Waals surface area (Å²) in [7, 11) is 0. The van der Waals surface area contributed by atoms with E-state index in [0.29, 0.717) is 18.3 Å². The fourth-order valence-electron chi connectivity index (χ4n) is 2.96. The van der Waals surface area contributed by atoms with Crippen molar-refractivity contribution in [1.82, 2.24) is 0 Å². The van der Waals surface area contributed by atoms with Crippen LogP contribution in [0.4, 0.5) is 5.69 Å². The van der Waals surface area contributed by atoms with Crippen LogP contribution in [0.3, 0.4) is 0 Å². The van der Waals surface area contributed by atoms with Crippen LogP contribution < -0.4 is 4.90 Å². The summed E-state index contributed by atoms with van der Waals surface area (Å²) in [6.45, 7) is 5.18. The minimum atomic E-state index is 0.248. The number of anilines is 1. The van der Waals surface area contributed by atoms with Crippen molar-refractivity contribution in [2.75, 3.05) is 11.4 Å². The Morgan fingerprint density at radius 1 is 1.28 bits per heavy atom. The van der Waals surface area contributed by atoms with Crippen molar-refractivity contribution < 1.29 is 4.79 Å². The number of nitrogens with zero attached hydrogens (tertiary/aromatic N) is 1. The molecule has 94 valence electrons. The van der Waals surface area contributed by atoms with E-state index in [4.69, 9.17) is 11.6 Å². The van der Waals surface area contributed by atoms with Crippen LogP contribution in [-0.2, 0) is 4.79 Å². The van der Waals surface area contributed by atoms with Gasteiger partial charge in [0.15, 0.2) is 5.78 Å². The summed E-state index contributed by atoms with van der Waals surface area (Å²) in [5.41, 5.74) is 3.67. The SMILES string of the molecule is CC1C2=CC(=O)CCN2c2ccc(Cl)cc2C1C. The first-order valence-electron chi connectivity index (χ1n) is 6.39. The minimum Gasteiger partial charge on any atom is -0.344 e. The molecule has 2 aliphatic rings. The number of halogens is 1. The number of rotatable bonds is 0. The Bertz CT molecular complexity index is 549. The zero-order valence-electron chi connectivity index (χ0n) is 10.6. The van der Waals surface area contributed by atoms with Gasteiger partial charge in [0, 0.05) is 41.4 Å². The average Bonchev–Trinajstić information content (AvgIpc) is 2.36. The molecule has 0 saturated heterocycles. The second kappa shape index (κ2) is 4.13. The third-order valence-corrected chi connectivity index (χ3v) is 4.42. The maximum Gasteiger partial charge on any atom is 0.159 e. The maximum atomic E-state index is 11.6. The Labute approximate surface area is 112 Å². The average molecular weight is 262 g/mol. The summed E-state index contributed by atoms with van der Waals surface area (Å²) in [5, 5.41) is 0.785. The van der Waals surface area contributed by atoms with Gasteiger partial charge in [-0.05, 0) is 29.7 Å². The van der Waals surface area contributed by atoms with Gasteiger partial charge in [0.1, 0.15) is 0 Å². The number of benzene rings is 1. The van der Waals surface area contributed by atoms with Gasteiger partial charge in [-0.2, -0.15) is 0 Å². The monoisotopic (exact) mass is 261 g/mol. The number of hydrogen-bond donors (Lipinski definition) is 0. The van der Waals surface area contributed by atoms with Gasteiger partial charge in [0.25, 0.3) is 0 Å². The van der Waals surface area contributed by atoms with E-state index >= 15 is 0 Å². The number of hydrogen-bond acceptors (Lipinski definition) is 2. The van der Waals surface area contributed by atoms with E-state index in [0.717, 1.165) is 17.3 Å². The van der Waals surface area contributed by atoms with E-state index in [1.165, 1.54) is 11.3 Å². The maximum absolute atomic E-state index is 11.6. The Morgan fingerprint density at radius 3 is 2.83 bits per heavy atom. The molecule has 1 aromatic carbocycles. The van der Waals surface area contributed by atoms with E-state index in [1.54, 1.807) is 0 Å². The highest BCUT2D eigenvalue weighted by Crippen LogP contribution is 2.45. The molecule has 2 heterocycles. The van der Waals surface area contributed by atoms with Crippen molar-refractivity contribution in [3.05, 3.63) is 40.6 Å². The van der Waals surface area contributed by atoms with Crippen LogP contribution in [0, 0.1) is 5.92 Å². The van der Waals surface area contributed by atoms with Crippen LogP contribution in [0.2, 0.25) is 5.02 Å². The van der Waals surface area contributed by atoms with Crippen molar-refractivity contribution in [2.24, 2.45) is 5.92 Å². The first-order valence-corrected chi connectivity index (χ1v) is 6.77. The summed E-state index contributed by atoms with van der Waals surface area (Å²) in [4.78, 5) is 13.9. The third kappa shape index (κ3) is 1.67. The van der Waals surface area contributed by atoms with Crippen LogP contribution in [0.15, 0.2) is 30.0 Å². The topological polar surface area (TPSA) is 20.3 Å². The number of carbonyl (C=O) groups excluding carboxylic acids is 1. The molecule has 3 heteroatoms. The molecule has 1 aromatic rings. The molecular weight excluding hydrogens is 246 g/mol. The van der Waals surface area contributed by atoms with E-state index in [1.807, 2.05) is 12.1 Å². The van der Waals surface area contributed by atoms with Gasteiger partial charge >= 0.3 is 0 Å². The zero-order valence-corrected chi connectivity index (χ0v) is 11.4. The molecule has 0 amide bonds. The molecule has 0 N–H and O–H groups in total. The molecule has 0 aliphatic carbocycles. The van der Waals surface area contributed by atoms with Crippen LogP contribution in [0.5, 0.6) is 0 Å². The van der Waals surface area contributed by atoms with E-state index in [2.05, 4.69) is 30.9 Å². The normalized spacial score (nSPS) is 26.5. The summed E-state index contributed by atoms with van der Waals surface area (Å²) in [6.07, 6.45) is 2.43. The van der Waals surface area contributed by atoms with Gasteiger partial charge in [-0.15, -0.1) is 0 Å². The van der Waals surface area contributed by atoms with Crippen molar-refractivity contribution in [2.45, 2.75) is 26.2 Å². The van der Waals surface area contributed by atoms with E-state index in [-0.39, 0.29) is 5.78 Å². The Hall–Kier alpha value is -1.28. The van der Waals surface area contributed by atoms with Crippen molar-refractivity contribution in [1.29, 1.82) is 0 Å². The van der Waals surface area contributed by atoms with Crippen LogP contribution in [0.1, 0.15) is 31.7 Å². The molecule has 0 aromatic heterocycles. The molecule has 0 fully saturated rings. The van der Waals surface area contributed by atoms with Crippen molar-refractivity contribution in [3.8, 4) is 0 Å². The summed E-state index contributed by atoms with van der Waals surface area (Å²) < 4.78 is 0. The minimum absolute atomic E-state index is 0.248. The summed E-state index contributed by atoms with van der Waals surface area (Å²) >= 11 is 6.10. The first kappa shape index (κ1) is 11.8. The Kier molecular flexibility index (Phi) is 2.70. The molecule has 0 bridgehead atoms. The third-order valence-electron chi connectivity index (χ3n) is 4.19. The molecule has 2 aliphatic heterocycles. The second-order valence-electron chi connectivity index (χ2n) is 5.22. The van der Waals surface area contributed by atoms with Crippen LogP contribution in [0.25, 0.3) is 0 Å². The molecule has 2 unspecified atom stereocenters. The molecule has 2 atom stereocenters. The first-order chi connectivity index (χ1) is 8.58. The van der Waals surface area contributed by atoms with Gasteiger partial charge in [0.2, 0.25) is 0 Å². The molecule has 0 saturated carbocycles. The smallest absolute Gasteiger partial charge is 0.159 e. The van der Waals surface area contributed by atoms with Gasteiger partial charge in [-0.25, -0.2) is 0 Å². The Balaban J connectivity index is 2.17. The number of fused-ring (bicyclic) bond motifs is 3. The molecule has 2 nitrogen and oxygen atoms in total. The molecular formula is C15H16ClNO. The highest BCUT2D eigenvalue weighted by atomic mass is 35.5. The fraction of sp³-hybridized carbons (Fsp3) is 0.400. The number of carbonyl (C=O) groups is 1. The fourth-order valence-corrected chi connectivity index (χ4v) is 3.14. The van der Waals surface area contributed by atoms with Gasteiger partial charge in [0.05, 0.1) is 0 Å². The standard InChI is InChI=1S/C15H16ClNO/c1-9-10(2)15-8-12(18)5-6-17(15)14-4-3-11(16)7-13(9)14/h3-4,7-10H,5-6H2,1-2H3. The highest BCUT2D eigenvalue weighted by molar-refractivity contribution is 6.30. The summed E-state index contributed by atoms with van der Waals surface area (Å²) in [5.74, 6) is 1.00. The number of ketones is 1. The lowest BCUT2D eigenvalue weighted by molar-refractivity contribution is -0.114.